The zero-order valence-electron chi connectivity index (χ0n) is 9.56. The normalized spacial score (nSPS) is 10.3. The molecule has 0 radical (unpaired) electrons. The van der Waals surface area contributed by atoms with Gasteiger partial charge < -0.3 is 9.73 Å². The van der Waals surface area contributed by atoms with Crippen LogP contribution in [0.2, 0.25) is 5.02 Å². The number of rotatable bonds is 5. The Morgan fingerprint density at radius 3 is 2.72 bits per heavy atom. The Morgan fingerprint density at radius 2 is 2.06 bits per heavy atom. The summed E-state index contributed by atoms with van der Waals surface area (Å²) in [6.45, 7) is 0. The Morgan fingerprint density at radius 1 is 1.28 bits per heavy atom. The van der Waals surface area contributed by atoms with Gasteiger partial charge in [-0.3, -0.25) is 4.79 Å². The molecule has 94 valence electrons. The molecule has 18 heavy (non-hydrogen) atoms. The molecule has 5 heteroatoms. The van der Waals surface area contributed by atoms with Crippen molar-refractivity contribution in [3.63, 3.8) is 0 Å². The molecule has 0 saturated heterocycles. The average molecular weight is 282 g/mol. The summed E-state index contributed by atoms with van der Waals surface area (Å²) in [7, 11) is 0. The number of furan rings is 1. The van der Waals surface area contributed by atoms with Gasteiger partial charge in [0, 0.05) is 10.7 Å². The van der Waals surface area contributed by atoms with Crippen LogP contribution < -0.4 is 5.32 Å². The lowest BCUT2D eigenvalue weighted by Crippen LogP contribution is -2.13. The van der Waals surface area contributed by atoms with Gasteiger partial charge >= 0.3 is 0 Å². The SMILES string of the molecule is O=C(CSCc1ccco1)Nc1ccc(Cl)cc1. The molecule has 0 atom stereocenters. The van der Waals surface area contributed by atoms with Gasteiger partial charge in [0.15, 0.2) is 0 Å². The average Bonchev–Trinajstić information content (AvgIpc) is 2.85. The van der Waals surface area contributed by atoms with E-state index in [1.165, 1.54) is 11.8 Å². The number of amides is 1. The third-order valence-corrected chi connectivity index (χ3v) is 3.39. The molecule has 1 aromatic carbocycles. The Kier molecular flexibility index (Phi) is 4.73. The molecule has 0 fully saturated rings. The standard InChI is InChI=1S/C13H12ClNO2S/c14-10-3-5-11(6-4-10)15-13(16)9-18-8-12-2-1-7-17-12/h1-7H,8-9H2,(H,15,16). The van der Waals surface area contributed by atoms with Crippen LogP contribution in [0.5, 0.6) is 0 Å². The van der Waals surface area contributed by atoms with Gasteiger partial charge in [-0.25, -0.2) is 0 Å². The van der Waals surface area contributed by atoms with Crippen molar-refractivity contribution in [3.05, 3.63) is 53.4 Å². The van der Waals surface area contributed by atoms with E-state index in [0.29, 0.717) is 16.5 Å². The van der Waals surface area contributed by atoms with Crippen molar-refractivity contribution < 1.29 is 9.21 Å². The van der Waals surface area contributed by atoms with Crippen LogP contribution in [0.25, 0.3) is 0 Å². The predicted molar refractivity (Wildman–Crippen MR) is 75.0 cm³/mol. The minimum absolute atomic E-state index is 0.0334. The van der Waals surface area contributed by atoms with Gasteiger partial charge in [0.1, 0.15) is 5.76 Å². The third-order valence-electron chi connectivity index (χ3n) is 2.19. The number of hydrogen-bond donors (Lipinski definition) is 1. The predicted octanol–water partition coefficient (Wildman–Crippen LogP) is 3.80. The first-order valence-electron chi connectivity index (χ1n) is 5.39. The van der Waals surface area contributed by atoms with Crippen molar-refractivity contribution >= 4 is 35.0 Å². The number of carbonyl (C=O) groups is 1. The van der Waals surface area contributed by atoms with E-state index in [-0.39, 0.29) is 5.91 Å². The molecule has 0 aliphatic heterocycles. The molecule has 1 N–H and O–H groups in total. The van der Waals surface area contributed by atoms with Crippen molar-refractivity contribution in [3.8, 4) is 0 Å². The van der Waals surface area contributed by atoms with E-state index in [9.17, 15) is 4.79 Å². The summed E-state index contributed by atoms with van der Waals surface area (Å²) < 4.78 is 5.18. The summed E-state index contributed by atoms with van der Waals surface area (Å²) in [6, 6.07) is 10.8. The Hall–Kier alpha value is -1.39. The zero-order valence-corrected chi connectivity index (χ0v) is 11.1. The number of hydrogen-bond acceptors (Lipinski definition) is 3. The molecule has 0 bridgehead atoms. The van der Waals surface area contributed by atoms with Crippen molar-refractivity contribution in [2.24, 2.45) is 0 Å². The van der Waals surface area contributed by atoms with Crippen LogP contribution in [0.4, 0.5) is 5.69 Å². The molecule has 2 rings (SSSR count). The summed E-state index contributed by atoms with van der Waals surface area (Å²) in [5.74, 6) is 1.93. The van der Waals surface area contributed by atoms with E-state index in [0.717, 1.165) is 11.4 Å². The molecule has 3 nitrogen and oxygen atoms in total. The molecule has 0 aliphatic carbocycles. The first-order valence-corrected chi connectivity index (χ1v) is 6.93. The molecule has 0 unspecified atom stereocenters. The maximum Gasteiger partial charge on any atom is 0.234 e. The van der Waals surface area contributed by atoms with Crippen LogP contribution in [0.15, 0.2) is 47.1 Å². The maximum atomic E-state index is 11.6. The lowest BCUT2D eigenvalue weighted by Gasteiger charge is -2.04. The van der Waals surface area contributed by atoms with E-state index in [4.69, 9.17) is 16.0 Å². The molecule has 1 heterocycles. The molecular formula is C13H12ClNO2S. The summed E-state index contributed by atoms with van der Waals surface area (Å²) in [5.41, 5.74) is 0.753. The Labute approximate surface area is 115 Å². The minimum Gasteiger partial charge on any atom is -0.468 e. The largest absolute Gasteiger partial charge is 0.468 e. The van der Waals surface area contributed by atoms with Gasteiger partial charge in [-0.1, -0.05) is 11.6 Å². The van der Waals surface area contributed by atoms with Crippen molar-refractivity contribution in [1.29, 1.82) is 0 Å². The van der Waals surface area contributed by atoms with Gasteiger partial charge in [0.2, 0.25) is 5.91 Å². The van der Waals surface area contributed by atoms with Crippen LogP contribution in [0.1, 0.15) is 5.76 Å². The molecule has 1 amide bonds. The first kappa shape index (κ1) is 13.1. The second-order valence-corrected chi connectivity index (χ2v) is 5.05. The first-order chi connectivity index (χ1) is 8.74. The fourth-order valence-electron chi connectivity index (χ4n) is 1.37. The summed E-state index contributed by atoms with van der Waals surface area (Å²) in [6.07, 6.45) is 1.63. The molecule has 1 aromatic heterocycles. The maximum absolute atomic E-state index is 11.6. The van der Waals surface area contributed by atoms with E-state index >= 15 is 0 Å². The summed E-state index contributed by atoms with van der Waals surface area (Å²) >= 11 is 7.27. The van der Waals surface area contributed by atoms with Crippen LogP contribution in [0.3, 0.4) is 0 Å². The van der Waals surface area contributed by atoms with Gasteiger partial charge in [-0.05, 0) is 36.4 Å². The summed E-state index contributed by atoms with van der Waals surface area (Å²) in [5, 5.41) is 3.45. The molecule has 0 saturated carbocycles. The third kappa shape index (κ3) is 4.13. The second-order valence-electron chi connectivity index (χ2n) is 3.63. The van der Waals surface area contributed by atoms with Crippen molar-refractivity contribution in [2.45, 2.75) is 5.75 Å². The lowest BCUT2D eigenvalue weighted by atomic mass is 10.3. The van der Waals surface area contributed by atoms with Gasteiger partial charge in [-0.2, -0.15) is 0 Å². The minimum atomic E-state index is -0.0334. The highest BCUT2D eigenvalue weighted by molar-refractivity contribution is 7.99. The molecule has 0 aliphatic rings. The van der Waals surface area contributed by atoms with Gasteiger partial charge in [-0.15, -0.1) is 11.8 Å². The van der Waals surface area contributed by atoms with E-state index in [2.05, 4.69) is 5.32 Å². The second kappa shape index (κ2) is 6.52. The number of anilines is 1. The summed E-state index contributed by atoms with van der Waals surface area (Å²) in [4.78, 5) is 11.6. The Bertz CT molecular complexity index is 496. The van der Waals surface area contributed by atoms with Crippen LogP contribution in [-0.4, -0.2) is 11.7 Å². The number of nitrogens with one attached hydrogen (secondary N) is 1. The number of benzene rings is 1. The quantitative estimate of drug-likeness (QED) is 0.906. The fraction of sp³-hybridized carbons (Fsp3) is 0.154. The van der Waals surface area contributed by atoms with Gasteiger partial charge in [0.05, 0.1) is 17.8 Å². The monoisotopic (exact) mass is 281 g/mol. The molecular weight excluding hydrogens is 270 g/mol. The van der Waals surface area contributed by atoms with Crippen LogP contribution in [-0.2, 0) is 10.5 Å². The smallest absolute Gasteiger partial charge is 0.234 e. The number of halogens is 1. The highest BCUT2D eigenvalue weighted by Gasteiger charge is 2.03. The van der Waals surface area contributed by atoms with Crippen molar-refractivity contribution in [1.82, 2.24) is 0 Å². The Balaban J connectivity index is 1.73. The van der Waals surface area contributed by atoms with Gasteiger partial charge in [0.25, 0.3) is 0 Å². The number of thioether (sulfide) groups is 1. The highest BCUT2D eigenvalue weighted by atomic mass is 35.5. The fourth-order valence-corrected chi connectivity index (χ4v) is 2.22. The van der Waals surface area contributed by atoms with E-state index in [1.807, 2.05) is 12.1 Å². The van der Waals surface area contributed by atoms with Crippen LogP contribution in [0, 0.1) is 0 Å². The van der Waals surface area contributed by atoms with Crippen molar-refractivity contribution in [2.75, 3.05) is 11.1 Å². The molecule has 2 aromatic rings. The number of carbonyl (C=O) groups excluding carboxylic acids is 1. The van der Waals surface area contributed by atoms with Crippen LogP contribution >= 0.6 is 23.4 Å². The van der Waals surface area contributed by atoms with E-state index in [1.54, 1.807) is 30.5 Å². The molecule has 0 spiro atoms. The lowest BCUT2D eigenvalue weighted by molar-refractivity contribution is -0.113. The van der Waals surface area contributed by atoms with E-state index < -0.39 is 0 Å². The highest BCUT2D eigenvalue weighted by Crippen LogP contribution is 2.15. The zero-order chi connectivity index (χ0) is 12.8. The topological polar surface area (TPSA) is 42.2 Å².